The second-order valence-electron chi connectivity index (χ2n) is 4.40. The molecule has 0 aromatic heterocycles. The molecule has 2 N–H and O–H groups in total. The van der Waals surface area contributed by atoms with Gasteiger partial charge in [-0.1, -0.05) is 6.42 Å². The van der Waals surface area contributed by atoms with Crippen LogP contribution in [0.3, 0.4) is 0 Å². The lowest BCUT2D eigenvalue weighted by Gasteiger charge is -2.42. The second-order valence-corrected chi connectivity index (χ2v) is 5.25. The number of benzene rings is 1. The van der Waals surface area contributed by atoms with Crippen LogP contribution in [0.5, 0.6) is 5.75 Å². The van der Waals surface area contributed by atoms with E-state index in [4.69, 9.17) is 10.5 Å². The molecule has 1 aromatic rings. The lowest BCUT2D eigenvalue weighted by Crippen LogP contribution is -2.42. The van der Waals surface area contributed by atoms with Gasteiger partial charge in [0.15, 0.2) is 11.6 Å². The predicted molar refractivity (Wildman–Crippen MR) is 65.2 cm³/mol. The van der Waals surface area contributed by atoms with E-state index in [0.29, 0.717) is 6.54 Å². The molecule has 0 spiro atoms. The van der Waals surface area contributed by atoms with Crippen molar-refractivity contribution in [1.29, 1.82) is 0 Å². The number of ether oxygens (including phenoxy) is 1. The molecule has 5 heteroatoms. The van der Waals surface area contributed by atoms with Crippen LogP contribution in [0.1, 0.15) is 24.8 Å². The van der Waals surface area contributed by atoms with E-state index in [0.717, 1.165) is 25.3 Å². The molecule has 1 aliphatic rings. The van der Waals surface area contributed by atoms with E-state index >= 15 is 0 Å². The number of hydrogen-bond acceptors (Lipinski definition) is 2. The summed E-state index contributed by atoms with van der Waals surface area (Å²) in [6.07, 6.45) is 2.52. The van der Waals surface area contributed by atoms with Crippen LogP contribution in [0, 0.1) is 11.6 Å². The molecule has 17 heavy (non-hydrogen) atoms. The number of nitrogens with two attached hydrogens (primary N) is 1. The highest BCUT2D eigenvalue weighted by Gasteiger charge is 2.43. The largest absolute Gasteiger partial charge is 0.493 e. The van der Waals surface area contributed by atoms with Gasteiger partial charge in [0.25, 0.3) is 0 Å². The Labute approximate surface area is 107 Å². The first-order valence-corrected chi connectivity index (χ1v) is 6.27. The van der Waals surface area contributed by atoms with E-state index in [1.165, 1.54) is 7.11 Å². The van der Waals surface area contributed by atoms with Crippen molar-refractivity contribution in [3.05, 3.63) is 27.7 Å². The molecule has 94 valence electrons. The average Bonchev–Trinajstić information content (AvgIpc) is 2.24. The van der Waals surface area contributed by atoms with Gasteiger partial charge in [-0.3, -0.25) is 0 Å². The van der Waals surface area contributed by atoms with Crippen molar-refractivity contribution in [3.8, 4) is 5.75 Å². The Balaban J connectivity index is 2.65. The van der Waals surface area contributed by atoms with Crippen molar-refractivity contribution in [2.75, 3.05) is 13.7 Å². The summed E-state index contributed by atoms with van der Waals surface area (Å²) < 4.78 is 33.1. The summed E-state index contributed by atoms with van der Waals surface area (Å²) in [5.41, 5.74) is 5.54. The highest BCUT2D eigenvalue weighted by molar-refractivity contribution is 9.10. The molecule has 2 nitrogen and oxygen atoms in total. The zero-order valence-corrected chi connectivity index (χ0v) is 11.1. The van der Waals surface area contributed by atoms with Crippen molar-refractivity contribution in [2.45, 2.75) is 24.7 Å². The third kappa shape index (κ3) is 1.85. The average molecular weight is 306 g/mol. The number of hydrogen-bond donors (Lipinski definition) is 1. The maximum atomic E-state index is 14.2. The molecule has 1 saturated carbocycles. The fourth-order valence-corrected chi connectivity index (χ4v) is 2.81. The summed E-state index contributed by atoms with van der Waals surface area (Å²) in [4.78, 5) is 0. The van der Waals surface area contributed by atoms with Gasteiger partial charge in [-0.05, 0) is 34.8 Å². The van der Waals surface area contributed by atoms with Crippen LogP contribution >= 0.6 is 15.9 Å². The highest BCUT2D eigenvalue weighted by Crippen LogP contribution is 2.49. The Bertz CT molecular complexity index is 441. The quantitative estimate of drug-likeness (QED) is 0.871. The summed E-state index contributed by atoms with van der Waals surface area (Å²) in [6, 6.07) is 1.08. The lowest BCUT2D eigenvalue weighted by atomic mass is 9.64. The summed E-state index contributed by atoms with van der Waals surface area (Å²) in [5, 5.41) is 0. The molecule has 1 fully saturated rings. The number of rotatable bonds is 3. The minimum Gasteiger partial charge on any atom is -0.493 e. The molecule has 0 bridgehead atoms. The van der Waals surface area contributed by atoms with Gasteiger partial charge < -0.3 is 10.5 Å². The Morgan fingerprint density at radius 1 is 1.47 bits per heavy atom. The zero-order valence-electron chi connectivity index (χ0n) is 9.53. The zero-order chi connectivity index (χ0) is 12.6. The lowest BCUT2D eigenvalue weighted by molar-refractivity contribution is 0.231. The van der Waals surface area contributed by atoms with Crippen molar-refractivity contribution in [3.63, 3.8) is 0 Å². The van der Waals surface area contributed by atoms with Crippen LogP contribution in [0.25, 0.3) is 0 Å². The van der Waals surface area contributed by atoms with Gasteiger partial charge >= 0.3 is 0 Å². The van der Waals surface area contributed by atoms with Gasteiger partial charge in [-0.15, -0.1) is 0 Å². The molecule has 0 aliphatic heterocycles. The maximum Gasteiger partial charge on any atom is 0.166 e. The first-order chi connectivity index (χ1) is 8.05. The van der Waals surface area contributed by atoms with Crippen molar-refractivity contribution in [2.24, 2.45) is 5.73 Å². The second kappa shape index (κ2) is 4.53. The van der Waals surface area contributed by atoms with Gasteiger partial charge in [0.05, 0.1) is 11.6 Å². The molecule has 2 rings (SSSR count). The molecule has 0 unspecified atom stereocenters. The fraction of sp³-hybridized carbons (Fsp3) is 0.500. The molecule has 1 aliphatic carbocycles. The molecule has 0 radical (unpaired) electrons. The first kappa shape index (κ1) is 12.8. The van der Waals surface area contributed by atoms with Crippen molar-refractivity contribution < 1.29 is 13.5 Å². The molecular formula is C12H14BrF2NO. The van der Waals surface area contributed by atoms with Crippen LogP contribution in [0.2, 0.25) is 0 Å². The van der Waals surface area contributed by atoms with Crippen LogP contribution in [-0.4, -0.2) is 13.7 Å². The molecular weight excluding hydrogens is 292 g/mol. The topological polar surface area (TPSA) is 35.2 Å². The van der Waals surface area contributed by atoms with Gasteiger partial charge in [0.2, 0.25) is 0 Å². The number of halogens is 3. The Morgan fingerprint density at radius 3 is 2.53 bits per heavy atom. The Kier molecular flexibility index (Phi) is 3.41. The van der Waals surface area contributed by atoms with E-state index in [1.54, 1.807) is 0 Å². The maximum absolute atomic E-state index is 14.2. The van der Waals surface area contributed by atoms with Gasteiger partial charge in [-0.2, -0.15) is 0 Å². The Hall–Kier alpha value is -0.680. The van der Waals surface area contributed by atoms with Crippen molar-refractivity contribution in [1.82, 2.24) is 0 Å². The summed E-state index contributed by atoms with van der Waals surface area (Å²) in [7, 11) is 1.35. The fourth-order valence-electron chi connectivity index (χ4n) is 2.41. The standard InChI is InChI=1S/C12H14BrF2NO/c1-17-11-8(14)5-7(13)10(15)9(11)12(6-16)3-2-4-12/h5H,2-4,6,16H2,1H3. The van der Waals surface area contributed by atoms with Crippen LogP contribution in [0.15, 0.2) is 10.5 Å². The van der Waals surface area contributed by atoms with Crippen LogP contribution < -0.4 is 10.5 Å². The van der Waals surface area contributed by atoms with Crippen molar-refractivity contribution >= 4 is 15.9 Å². The molecule has 1 aromatic carbocycles. The summed E-state index contributed by atoms with van der Waals surface area (Å²) >= 11 is 3.02. The van der Waals surface area contributed by atoms with E-state index in [1.807, 2.05) is 0 Å². The van der Waals surface area contributed by atoms with E-state index < -0.39 is 17.0 Å². The first-order valence-electron chi connectivity index (χ1n) is 5.48. The predicted octanol–water partition coefficient (Wildman–Crippen LogP) is 3.12. The molecule has 0 saturated heterocycles. The van der Waals surface area contributed by atoms with Gasteiger partial charge in [0.1, 0.15) is 5.82 Å². The van der Waals surface area contributed by atoms with Crippen LogP contribution in [0.4, 0.5) is 8.78 Å². The smallest absolute Gasteiger partial charge is 0.166 e. The van der Waals surface area contributed by atoms with E-state index in [-0.39, 0.29) is 15.8 Å². The number of methoxy groups -OCH3 is 1. The third-order valence-electron chi connectivity index (χ3n) is 3.56. The molecule has 0 amide bonds. The SMILES string of the molecule is COc1c(F)cc(Br)c(F)c1C1(CN)CCC1. The Morgan fingerprint density at radius 2 is 2.12 bits per heavy atom. The monoisotopic (exact) mass is 305 g/mol. The normalized spacial score (nSPS) is 17.7. The van der Waals surface area contributed by atoms with E-state index in [2.05, 4.69) is 15.9 Å². The minimum atomic E-state index is -0.560. The van der Waals surface area contributed by atoms with Crippen LogP contribution in [-0.2, 0) is 5.41 Å². The van der Waals surface area contributed by atoms with Gasteiger partial charge in [-0.25, -0.2) is 8.78 Å². The minimum absolute atomic E-state index is 0.0177. The summed E-state index contributed by atoms with van der Waals surface area (Å²) in [6.45, 7) is 0.302. The van der Waals surface area contributed by atoms with E-state index in [9.17, 15) is 8.78 Å². The molecule has 0 heterocycles. The highest BCUT2D eigenvalue weighted by atomic mass is 79.9. The van der Waals surface area contributed by atoms with Gasteiger partial charge in [0, 0.05) is 17.5 Å². The summed E-state index contributed by atoms with van der Waals surface area (Å²) in [5.74, 6) is -1.04. The third-order valence-corrected chi connectivity index (χ3v) is 4.14. The molecule has 0 atom stereocenters.